The molecule has 4 aromatic carbocycles. The van der Waals surface area contributed by atoms with Gasteiger partial charge in [-0.05, 0) is 0 Å². The van der Waals surface area contributed by atoms with Gasteiger partial charge in [0, 0.05) is 0 Å². The van der Waals surface area contributed by atoms with E-state index in [4.69, 9.17) is 0 Å². The number of benzene rings is 4. The van der Waals surface area contributed by atoms with E-state index in [2.05, 4.69) is 135 Å². The minimum absolute atomic E-state index is 0. The Labute approximate surface area is 192 Å². The molecule has 0 aliphatic carbocycles. The Kier molecular flexibility index (Phi) is 7.29. The quantitative estimate of drug-likeness (QED) is 0.328. The van der Waals surface area contributed by atoms with Gasteiger partial charge in [-0.1, -0.05) is 0 Å². The first-order chi connectivity index (χ1) is 14.0. The summed E-state index contributed by atoms with van der Waals surface area (Å²) in [5.74, 6) is 0. The summed E-state index contributed by atoms with van der Waals surface area (Å²) in [5, 5.41) is 1.60. The zero-order valence-electron chi connectivity index (χ0n) is 17.8. The molecule has 0 unspecified atom stereocenters. The summed E-state index contributed by atoms with van der Waals surface area (Å²) in [6.07, 6.45) is 0. The van der Waals surface area contributed by atoms with E-state index in [1.54, 1.807) is 8.70 Å². The second-order valence-corrected chi connectivity index (χ2v) is 23.1. The van der Waals surface area contributed by atoms with Crippen LogP contribution in [0.4, 0.5) is 0 Å². The number of hydrogen-bond acceptors (Lipinski definition) is 0. The minimum atomic E-state index is -3.33. The van der Waals surface area contributed by atoms with Crippen LogP contribution in [0.1, 0.15) is 0 Å². The second kappa shape index (κ2) is 9.56. The molecule has 0 heterocycles. The molecule has 0 saturated carbocycles. The largest absolute Gasteiger partial charge is 1.00 e. The van der Waals surface area contributed by atoms with E-state index in [0.29, 0.717) is 0 Å². The van der Waals surface area contributed by atoms with E-state index < -0.39 is 26.9 Å². The van der Waals surface area contributed by atoms with E-state index in [0.717, 1.165) is 0 Å². The third-order valence-corrected chi connectivity index (χ3v) is 20.5. The molecule has 0 N–H and O–H groups in total. The summed E-state index contributed by atoms with van der Waals surface area (Å²) >= 11 is -3.33. The van der Waals surface area contributed by atoms with Gasteiger partial charge in [-0.2, -0.15) is 0 Å². The van der Waals surface area contributed by atoms with Crippen LogP contribution in [0.3, 0.4) is 0 Å². The van der Waals surface area contributed by atoms with Gasteiger partial charge in [0.05, 0.1) is 0 Å². The van der Waals surface area contributed by atoms with Gasteiger partial charge in [0.25, 0.3) is 0 Å². The zero-order valence-corrected chi connectivity index (χ0v) is 22.1. The molecule has 0 fully saturated rings. The SMILES string of the molecule is C[Si](C)(C)c1cccc[c]1[Sb+]([c]1ccccc1)([c]1ccccc1)[c]1ccccc1.[Cl-]. The Hall–Kier alpha value is -1.79. The van der Waals surface area contributed by atoms with Gasteiger partial charge >= 0.3 is 181 Å². The van der Waals surface area contributed by atoms with Crippen molar-refractivity contribution in [1.29, 1.82) is 0 Å². The topological polar surface area (TPSA) is 0 Å². The van der Waals surface area contributed by atoms with Crippen LogP contribution in [0.25, 0.3) is 0 Å². The molecule has 152 valence electrons. The monoisotopic (exact) mass is 536 g/mol. The van der Waals surface area contributed by atoms with E-state index in [9.17, 15) is 0 Å². The predicted octanol–water partition coefficient (Wildman–Crippen LogP) is 0.613. The fourth-order valence-electron chi connectivity index (χ4n) is 4.22. The first-order valence-corrected chi connectivity index (χ1v) is 18.8. The summed E-state index contributed by atoms with van der Waals surface area (Å²) in [6.45, 7) is 7.42. The minimum Gasteiger partial charge on any atom is -1.00 e. The van der Waals surface area contributed by atoms with Gasteiger partial charge in [0.15, 0.2) is 0 Å². The van der Waals surface area contributed by atoms with Crippen LogP contribution in [0.5, 0.6) is 0 Å². The summed E-state index contributed by atoms with van der Waals surface area (Å²) in [4.78, 5) is 0. The van der Waals surface area contributed by atoms with Gasteiger partial charge in [-0.15, -0.1) is 0 Å². The van der Waals surface area contributed by atoms with Crippen LogP contribution in [0.15, 0.2) is 115 Å². The van der Waals surface area contributed by atoms with Gasteiger partial charge in [-0.25, -0.2) is 0 Å². The van der Waals surface area contributed by atoms with E-state index in [-0.39, 0.29) is 12.4 Å². The predicted molar refractivity (Wildman–Crippen MR) is 133 cm³/mol. The van der Waals surface area contributed by atoms with Crippen LogP contribution in [0, 0.1) is 0 Å². The van der Waals surface area contributed by atoms with Gasteiger partial charge < -0.3 is 12.4 Å². The zero-order chi connectivity index (χ0) is 20.3. The van der Waals surface area contributed by atoms with Crippen molar-refractivity contribution in [2.24, 2.45) is 0 Å². The summed E-state index contributed by atoms with van der Waals surface area (Å²) in [6, 6.07) is 43.2. The number of rotatable bonds is 5. The Bertz CT molecular complexity index is 977. The molecular formula is C27H28ClSbSi. The van der Waals surface area contributed by atoms with Crippen LogP contribution in [-0.2, 0) is 0 Å². The van der Waals surface area contributed by atoms with Crippen molar-refractivity contribution >= 4 is 46.1 Å². The average molecular weight is 538 g/mol. The van der Waals surface area contributed by atoms with Crippen molar-refractivity contribution in [3.8, 4) is 0 Å². The molecule has 0 spiro atoms. The summed E-state index contributed by atoms with van der Waals surface area (Å²) in [7, 11) is -1.54. The molecule has 4 rings (SSSR count). The maximum absolute atomic E-state index is 3.33. The molecule has 0 nitrogen and oxygen atoms in total. The van der Waals surface area contributed by atoms with Crippen molar-refractivity contribution in [1.82, 2.24) is 0 Å². The molecule has 4 aromatic rings. The maximum Gasteiger partial charge on any atom is -1.00 e. The molecule has 0 radical (unpaired) electrons. The molecule has 0 aliphatic rings. The maximum atomic E-state index is 2.47. The normalized spacial score (nSPS) is 11.6. The van der Waals surface area contributed by atoms with Crippen LogP contribution < -0.4 is 31.6 Å². The Morgan fingerprint density at radius 1 is 0.467 bits per heavy atom. The molecule has 0 aromatic heterocycles. The van der Waals surface area contributed by atoms with Crippen molar-refractivity contribution in [2.75, 3.05) is 0 Å². The van der Waals surface area contributed by atoms with Crippen molar-refractivity contribution in [3.05, 3.63) is 115 Å². The van der Waals surface area contributed by atoms with E-state index in [1.807, 2.05) is 0 Å². The molecule has 0 bridgehead atoms. The van der Waals surface area contributed by atoms with E-state index in [1.165, 1.54) is 10.5 Å². The average Bonchev–Trinajstić information content (AvgIpc) is 2.76. The molecule has 0 aliphatic heterocycles. The van der Waals surface area contributed by atoms with Crippen molar-refractivity contribution in [3.63, 3.8) is 0 Å². The first kappa shape index (κ1) is 22.9. The van der Waals surface area contributed by atoms with Crippen molar-refractivity contribution in [2.45, 2.75) is 19.6 Å². The van der Waals surface area contributed by atoms with Gasteiger partial charge in [-0.3, -0.25) is 0 Å². The second-order valence-electron chi connectivity index (χ2n) is 8.44. The molecule has 0 saturated heterocycles. The first-order valence-electron chi connectivity index (χ1n) is 10.2. The number of hydrogen-bond donors (Lipinski definition) is 0. The Balaban J connectivity index is 0.00000256. The fourth-order valence-corrected chi connectivity index (χ4v) is 22.0. The third-order valence-electron chi connectivity index (χ3n) is 5.50. The Morgan fingerprint density at radius 2 is 0.800 bits per heavy atom. The smallest absolute Gasteiger partial charge is 1.00 e. The summed E-state index contributed by atoms with van der Waals surface area (Å²) < 4.78 is 6.13. The van der Waals surface area contributed by atoms with Crippen LogP contribution in [0.2, 0.25) is 19.6 Å². The molecule has 30 heavy (non-hydrogen) atoms. The summed E-state index contributed by atoms with van der Waals surface area (Å²) in [5.41, 5.74) is 0. The van der Waals surface area contributed by atoms with E-state index >= 15 is 0 Å². The third kappa shape index (κ3) is 4.17. The molecule has 0 amide bonds. The van der Waals surface area contributed by atoms with Crippen LogP contribution >= 0.6 is 0 Å². The standard InChI is InChI=1S/C9H13Si.3C6H5.ClH.Sb/c1-10(2,3)9-7-5-4-6-8-9;3*1-2-4-6-5-3-1;;/h4-7H,1-3H3;3*1-5H;1H;/q;;;;;+1/p-1. The fraction of sp³-hybridized carbons (Fsp3) is 0.111. The van der Waals surface area contributed by atoms with Crippen LogP contribution in [-0.4, -0.2) is 26.9 Å². The molecular weight excluding hydrogens is 510 g/mol. The molecule has 0 atom stereocenters. The number of halogens is 1. The van der Waals surface area contributed by atoms with Crippen molar-refractivity contribution < 1.29 is 12.4 Å². The Morgan fingerprint density at radius 3 is 1.17 bits per heavy atom. The molecule has 3 heteroatoms. The van der Waals surface area contributed by atoms with Gasteiger partial charge in [0.2, 0.25) is 0 Å². The van der Waals surface area contributed by atoms with Gasteiger partial charge in [0.1, 0.15) is 0 Å².